The van der Waals surface area contributed by atoms with Crippen molar-refractivity contribution in [1.29, 1.82) is 0 Å². The summed E-state index contributed by atoms with van der Waals surface area (Å²) in [5, 5.41) is 2.40. The minimum Gasteiger partial charge on any atom is -0.486 e. The number of nitrogens with zero attached hydrogens (tertiary/aromatic N) is 1. The van der Waals surface area contributed by atoms with Crippen molar-refractivity contribution in [2.45, 2.75) is 26.5 Å². The maximum atomic E-state index is 12.8. The largest absolute Gasteiger partial charge is 0.486 e. The molecule has 3 N–H and O–H groups in total. The van der Waals surface area contributed by atoms with Crippen molar-refractivity contribution in [2.24, 2.45) is 5.73 Å². The first-order valence-corrected chi connectivity index (χ1v) is 10.7. The lowest BCUT2D eigenvalue weighted by Crippen LogP contribution is -2.33. The molecule has 34 heavy (non-hydrogen) atoms. The molecule has 0 radical (unpaired) electrons. The van der Waals surface area contributed by atoms with Crippen LogP contribution in [0.15, 0.2) is 54.6 Å². The van der Waals surface area contributed by atoms with Crippen LogP contribution >= 0.6 is 0 Å². The fourth-order valence-electron chi connectivity index (χ4n) is 3.85. The summed E-state index contributed by atoms with van der Waals surface area (Å²) >= 11 is 0. The molecule has 9 nitrogen and oxygen atoms in total. The number of aromatic nitrogens is 1. The van der Waals surface area contributed by atoms with Gasteiger partial charge in [0.05, 0.1) is 12.1 Å². The van der Waals surface area contributed by atoms with E-state index in [1.165, 1.54) is 24.3 Å². The van der Waals surface area contributed by atoms with Gasteiger partial charge < -0.3 is 29.8 Å². The van der Waals surface area contributed by atoms with Crippen molar-refractivity contribution >= 4 is 23.5 Å². The third-order valence-corrected chi connectivity index (χ3v) is 5.55. The quantitative estimate of drug-likeness (QED) is 0.409. The molecule has 9 heteroatoms. The minimum absolute atomic E-state index is 0.201. The van der Waals surface area contributed by atoms with Crippen molar-refractivity contribution < 1.29 is 28.6 Å². The fourth-order valence-corrected chi connectivity index (χ4v) is 3.85. The smallest absolute Gasteiger partial charge is 0.338 e. The Bertz CT molecular complexity index is 1230. The van der Waals surface area contributed by atoms with E-state index < -0.39 is 12.0 Å². The van der Waals surface area contributed by atoms with Gasteiger partial charge in [0, 0.05) is 22.6 Å². The van der Waals surface area contributed by atoms with Crippen LogP contribution in [0.1, 0.15) is 32.1 Å². The van der Waals surface area contributed by atoms with Crippen LogP contribution in [-0.2, 0) is 11.3 Å². The van der Waals surface area contributed by atoms with Crippen LogP contribution in [0.4, 0.5) is 10.5 Å². The molecule has 2 heterocycles. The van der Waals surface area contributed by atoms with E-state index in [1.807, 2.05) is 42.7 Å². The first-order chi connectivity index (χ1) is 16.3. The van der Waals surface area contributed by atoms with E-state index in [0.29, 0.717) is 30.2 Å². The number of fused-ring (bicyclic) bond motifs is 1. The molecule has 2 amide bonds. The Kier molecular flexibility index (Phi) is 6.53. The lowest BCUT2D eigenvalue weighted by atomic mass is 10.1. The number of amides is 2. The Hall–Kier alpha value is -4.27. The van der Waals surface area contributed by atoms with Gasteiger partial charge in [0.2, 0.25) is 5.78 Å². The summed E-state index contributed by atoms with van der Waals surface area (Å²) in [6.45, 7) is 4.30. The highest BCUT2D eigenvalue weighted by Crippen LogP contribution is 2.31. The number of carbonyl (C=O) groups is 3. The second kappa shape index (κ2) is 9.70. The van der Waals surface area contributed by atoms with Gasteiger partial charge in [-0.25, -0.2) is 9.59 Å². The lowest BCUT2D eigenvalue weighted by Gasteiger charge is -2.27. The number of Topliss-reactive ketones (excluding diaryl/α,β-unsaturated/α-hetero) is 1. The number of nitrogens with two attached hydrogens (primary N) is 1. The van der Waals surface area contributed by atoms with Gasteiger partial charge in [-0.05, 0) is 56.3 Å². The number of rotatable bonds is 7. The molecule has 0 saturated carbocycles. The van der Waals surface area contributed by atoms with Crippen LogP contribution in [-0.4, -0.2) is 41.7 Å². The molecule has 0 bridgehead atoms. The van der Waals surface area contributed by atoms with Gasteiger partial charge in [0.15, 0.2) is 24.2 Å². The Morgan fingerprint density at radius 1 is 1.09 bits per heavy atom. The molecule has 1 atom stereocenters. The van der Waals surface area contributed by atoms with E-state index in [9.17, 15) is 14.4 Å². The first-order valence-electron chi connectivity index (χ1n) is 10.7. The number of esters is 1. The topological polar surface area (TPSA) is 122 Å². The number of ketones is 1. The number of aryl methyl sites for hydroxylation is 1. The molecule has 2 aromatic carbocycles. The fraction of sp³-hybridized carbons (Fsp3) is 0.240. The van der Waals surface area contributed by atoms with Crippen LogP contribution < -0.4 is 20.5 Å². The molecule has 0 unspecified atom stereocenters. The summed E-state index contributed by atoms with van der Waals surface area (Å²) in [5.74, 6) is 0.476. The molecule has 0 spiro atoms. The van der Waals surface area contributed by atoms with Gasteiger partial charge >= 0.3 is 12.0 Å². The molecule has 1 aliphatic rings. The Morgan fingerprint density at radius 2 is 1.79 bits per heavy atom. The highest BCUT2D eigenvalue weighted by molar-refractivity contribution is 6.00. The summed E-state index contributed by atoms with van der Waals surface area (Å²) in [6, 6.07) is 14.6. The third kappa shape index (κ3) is 5.03. The second-order valence-corrected chi connectivity index (χ2v) is 7.96. The molecule has 0 fully saturated rings. The number of benzene rings is 2. The second-order valence-electron chi connectivity index (χ2n) is 7.96. The summed E-state index contributed by atoms with van der Waals surface area (Å²) in [5.41, 5.74) is 7.91. The Labute approximate surface area is 196 Å². The highest BCUT2D eigenvalue weighted by atomic mass is 16.6. The number of para-hydroxylation sites is 2. The number of hydrogen-bond acceptors (Lipinski definition) is 6. The third-order valence-electron chi connectivity index (χ3n) is 5.55. The van der Waals surface area contributed by atoms with E-state index in [2.05, 4.69) is 5.32 Å². The molecule has 3 aromatic rings. The molecule has 0 saturated heterocycles. The number of urea groups is 1. The SMILES string of the molecule is Cc1cc(C(=O)COC(=O)c2ccc(NC(N)=O)cc2)c(C)n1C[C@H]1COc2ccccc2O1. The molecule has 1 aliphatic heterocycles. The Balaban J connectivity index is 1.37. The van der Waals surface area contributed by atoms with E-state index in [0.717, 1.165) is 17.1 Å². The zero-order valence-electron chi connectivity index (χ0n) is 18.9. The van der Waals surface area contributed by atoms with Gasteiger partial charge in [-0.2, -0.15) is 0 Å². The number of anilines is 1. The van der Waals surface area contributed by atoms with Gasteiger partial charge in [0.25, 0.3) is 0 Å². The van der Waals surface area contributed by atoms with Crippen molar-refractivity contribution in [3.8, 4) is 11.5 Å². The molecular weight excluding hydrogens is 438 g/mol. The van der Waals surface area contributed by atoms with E-state index in [1.54, 1.807) is 6.07 Å². The standard InChI is InChI=1S/C25H25N3O6/c1-15-11-20(16(2)28(15)12-19-13-32-22-5-3-4-6-23(22)34-19)21(29)14-33-24(30)17-7-9-18(10-8-17)27-25(26)31/h3-11,19H,12-14H2,1-2H3,(H3,26,27,31)/t19-/m0/s1. The number of hydrogen-bond donors (Lipinski definition) is 2. The van der Waals surface area contributed by atoms with Gasteiger partial charge in [-0.15, -0.1) is 0 Å². The molecule has 4 rings (SSSR count). The van der Waals surface area contributed by atoms with Crippen molar-refractivity contribution in [3.63, 3.8) is 0 Å². The van der Waals surface area contributed by atoms with Crippen LogP contribution in [0, 0.1) is 13.8 Å². The normalized spacial score (nSPS) is 14.4. The van der Waals surface area contributed by atoms with Crippen LogP contribution in [0.25, 0.3) is 0 Å². The van der Waals surface area contributed by atoms with E-state index in [-0.39, 0.29) is 24.1 Å². The summed E-state index contributed by atoms with van der Waals surface area (Å²) in [7, 11) is 0. The lowest BCUT2D eigenvalue weighted by molar-refractivity contribution is 0.0474. The molecule has 1 aromatic heterocycles. The minimum atomic E-state index is -0.703. The predicted molar refractivity (Wildman–Crippen MR) is 125 cm³/mol. The summed E-state index contributed by atoms with van der Waals surface area (Å²) in [6.07, 6.45) is -0.201. The zero-order chi connectivity index (χ0) is 24.2. The van der Waals surface area contributed by atoms with Crippen molar-refractivity contribution in [1.82, 2.24) is 4.57 Å². The van der Waals surface area contributed by atoms with Crippen LogP contribution in [0.3, 0.4) is 0 Å². The number of primary amides is 1. The van der Waals surface area contributed by atoms with Gasteiger partial charge in [0.1, 0.15) is 6.61 Å². The first kappa shape index (κ1) is 22.9. The van der Waals surface area contributed by atoms with Gasteiger partial charge in [-0.3, -0.25) is 4.79 Å². The molecule has 176 valence electrons. The average molecular weight is 463 g/mol. The monoisotopic (exact) mass is 463 g/mol. The van der Waals surface area contributed by atoms with E-state index in [4.69, 9.17) is 19.9 Å². The number of nitrogens with one attached hydrogen (secondary N) is 1. The molecular formula is C25H25N3O6. The average Bonchev–Trinajstić information content (AvgIpc) is 3.10. The Morgan fingerprint density at radius 3 is 2.50 bits per heavy atom. The summed E-state index contributed by atoms with van der Waals surface area (Å²) < 4.78 is 19.0. The number of carbonyl (C=O) groups excluding carboxylic acids is 3. The van der Waals surface area contributed by atoms with Crippen molar-refractivity contribution in [2.75, 3.05) is 18.5 Å². The maximum absolute atomic E-state index is 12.8. The van der Waals surface area contributed by atoms with Crippen molar-refractivity contribution in [3.05, 3.63) is 77.1 Å². The maximum Gasteiger partial charge on any atom is 0.338 e. The van der Waals surface area contributed by atoms with E-state index >= 15 is 0 Å². The predicted octanol–water partition coefficient (Wildman–Crippen LogP) is 3.48. The van der Waals surface area contributed by atoms with Crippen LogP contribution in [0.2, 0.25) is 0 Å². The van der Waals surface area contributed by atoms with Crippen LogP contribution in [0.5, 0.6) is 11.5 Å². The molecule has 0 aliphatic carbocycles. The highest BCUT2D eigenvalue weighted by Gasteiger charge is 2.24. The van der Waals surface area contributed by atoms with Gasteiger partial charge in [-0.1, -0.05) is 12.1 Å². The summed E-state index contributed by atoms with van der Waals surface area (Å²) in [4.78, 5) is 36.0. The number of ether oxygens (including phenoxy) is 3. The zero-order valence-corrected chi connectivity index (χ0v) is 18.9.